The Morgan fingerprint density at radius 2 is 1.75 bits per heavy atom. The van der Waals surface area contributed by atoms with Crippen LogP contribution in [0.1, 0.15) is 44.6 Å². The van der Waals surface area contributed by atoms with Gasteiger partial charge in [0, 0.05) is 4.88 Å². The van der Waals surface area contributed by atoms with Gasteiger partial charge in [-0.1, -0.05) is 27.7 Å². The lowest BCUT2D eigenvalue weighted by Crippen LogP contribution is -1.66. The van der Waals surface area contributed by atoms with Crippen LogP contribution in [0.5, 0.6) is 0 Å². The average molecular weight is 184 g/mol. The van der Waals surface area contributed by atoms with Crippen LogP contribution in [-0.2, 0) is 12.8 Å². The zero-order chi connectivity index (χ0) is 9.40. The summed E-state index contributed by atoms with van der Waals surface area (Å²) in [4.78, 5) is 1.63. The highest BCUT2D eigenvalue weighted by Crippen LogP contribution is 2.26. The zero-order valence-electron chi connectivity index (χ0n) is 8.68. The molecule has 0 fully saturated rings. The predicted octanol–water partition coefficient (Wildman–Crippen LogP) is 4.29. The third kappa shape index (κ3) is 2.98. The third-order valence-corrected chi connectivity index (χ3v) is 2.71. The molecule has 0 aliphatic heterocycles. The summed E-state index contributed by atoms with van der Waals surface area (Å²) in [5.74, 6) is 0. The first-order chi connectivity index (χ1) is 5.97. The highest BCUT2D eigenvalue weighted by molar-refractivity contribution is 7.10. The molecule has 1 heterocycles. The van der Waals surface area contributed by atoms with Crippen LogP contribution in [-0.4, -0.2) is 0 Å². The maximum Gasteiger partial charge on any atom is 0.00773 e. The van der Waals surface area contributed by atoms with Crippen molar-refractivity contribution in [2.45, 2.75) is 47.0 Å². The quantitative estimate of drug-likeness (QED) is 0.564. The molecule has 1 heteroatoms. The summed E-state index contributed by atoms with van der Waals surface area (Å²) in [6, 6.07) is 2.26. The van der Waals surface area contributed by atoms with E-state index in [0.29, 0.717) is 0 Å². The van der Waals surface area contributed by atoms with Crippen molar-refractivity contribution in [3.63, 3.8) is 0 Å². The molecule has 0 bridgehead atoms. The maximum absolute atomic E-state index is 2.26. The number of hydrogen-bond donors (Lipinski definition) is 0. The molecule has 0 N–H and O–H groups in total. The summed E-state index contributed by atoms with van der Waals surface area (Å²) in [7, 11) is 0. The van der Waals surface area contributed by atoms with Gasteiger partial charge in [0.2, 0.25) is 0 Å². The van der Waals surface area contributed by atoms with Gasteiger partial charge in [0.15, 0.2) is 0 Å². The normalized spacial score (nSPS) is 12.0. The average Bonchev–Trinajstić information content (AvgIpc) is 2.72. The lowest BCUT2D eigenvalue weighted by molar-refractivity contribution is 0.915. The minimum absolute atomic E-state index is 1.33. The minimum atomic E-state index is 1.33. The first-order valence-electron chi connectivity index (χ1n) is 5.02. The van der Waals surface area contributed by atoms with Gasteiger partial charge in [-0.15, -0.1) is 11.3 Å². The van der Waals surface area contributed by atoms with Crippen molar-refractivity contribution >= 4 is 11.3 Å². The Hall–Kier alpha value is -0.300. The highest BCUT2D eigenvalue weighted by atomic mass is 32.1. The van der Waals surface area contributed by atoms with E-state index in [1.807, 2.05) is 39.0 Å². The maximum atomic E-state index is 2.26. The second kappa shape index (κ2) is 7.35. The van der Waals surface area contributed by atoms with E-state index in [1.165, 1.54) is 19.3 Å². The number of thiophene rings is 1. The first-order valence-corrected chi connectivity index (χ1v) is 5.90. The molecular weight excluding hydrogens is 164 g/mol. The SMILES string of the molecule is CC.CC.c1cc2c(s1)CCC2. The molecule has 2 rings (SSSR count). The summed E-state index contributed by atoms with van der Waals surface area (Å²) >= 11 is 1.91. The van der Waals surface area contributed by atoms with Crippen LogP contribution < -0.4 is 0 Å². The van der Waals surface area contributed by atoms with Gasteiger partial charge in [0.25, 0.3) is 0 Å². The van der Waals surface area contributed by atoms with Crippen molar-refractivity contribution in [3.05, 3.63) is 21.9 Å². The molecule has 0 spiro atoms. The third-order valence-electron chi connectivity index (χ3n) is 1.69. The smallest absolute Gasteiger partial charge is 0.00773 e. The lowest BCUT2D eigenvalue weighted by atomic mass is 10.3. The molecule has 0 amide bonds. The van der Waals surface area contributed by atoms with Gasteiger partial charge in [-0.2, -0.15) is 0 Å². The predicted molar refractivity (Wildman–Crippen MR) is 59.0 cm³/mol. The van der Waals surface area contributed by atoms with E-state index in [0.717, 1.165) is 0 Å². The van der Waals surface area contributed by atoms with Crippen LogP contribution in [0.15, 0.2) is 11.4 Å². The van der Waals surface area contributed by atoms with Crippen molar-refractivity contribution in [2.75, 3.05) is 0 Å². The van der Waals surface area contributed by atoms with E-state index in [2.05, 4.69) is 11.4 Å². The van der Waals surface area contributed by atoms with Gasteiger partial charge < -0.3 is 0 Å². The van der Waals surface area contributed by atoms with Crippen molar-refractivity contribution in [1.29, 1.82) is 0 Å². The molecule has 70 valence electrons. The number of aryl methyl sites for hydroxylation is 2. The molecule has 12 heavy (non-hydrogen) atoms. The number of fused-ring (bicyclic) bond motifs is 1. The Labute approximate surface area is 80.6 Å². The molecule has 1 aliphatic rings. The van der Waals surface area contributed by atoms with Gasteiger partial charge in [0.1, 0.15) is 0 Å². The van der Waals surface area contributed by atoms with E-state index >= 15 is 0 Å². The molecule has 1 aliphatic carbocycles. The Morgan fingerprint density at radius 3 is 2.33 bits per heavy atom. The van der Waals surface area contributed by atoms with Crippen molar-refractivity contribution in [2.24, 2.45) is 0 Å². The summed E-state index contributed by atoms with van der Waals surface area (Å²) in [6.07, 6.45) is 4.06. The largest absolute Gasteiger partial charge is 0.149 e. The van der Waals surface area contributed by atoms with Gasteiger partial charge in [-0.25, -0.2) is 0 Å². The molecule has 0 atom stereocenters. The van der Waals surface area contributed by atoms with E-state index in [1.54, 1.807) is 10.4 Å². The van der Waals surface area contributed by atoms with Crippen molar-refractivity contribution < 1.29 is 0 Å². The topological polar surface area (TPSA) is 0 Å². The molecule has 0 saturated heterocycles. The zero-order valence-corrected chi connectivity index (χ0v) is 9.50. The summed E-state index contributed by atoms with van der Waals surface area (Å²) in [6.45, 7) is 8.00. The van der Waals surface area contributed by atoms with Gasteiger partial charge in [0.05, 0.1) is 0 Å². The van der Waals surface area contributed by atoms with Crippen LogP contribution in [0.2, 0.25) is 0 Å². The van der Waals surface area contributed by atoms with Crippen LogP contribution in [0.4, 0.5) is 0 Å². The molecule has 0 saturated carbocycles. The van der Waals surface area contributed by atoms with Crippen LogP contribution >= 0.6 is 11.3 Å². The fourth-order valence-electron chi connectivity index (χ4n) is 1.25. The van der Waals surface area contributed by atoms with Crippen molar-refractivity contribution in [3.8, 4) is 0 Å². The molecule has 1 aromatic heterocycles. The Bertz CT molecular complexity index is 170. The molecule has 0 nitrogen and oxygen atoms in total. The fraction of sp³-hybridized carbons (Fsp3) is 0.636. The van der Waals surface area contributed by atoms with Crippen LogP contribution in [0.25, 0.3) is 0 Å². The van der Waals surface area contributed by atoms with Gasteiger partial charge >= 0.3 is 0 Å². The Balaban J connectivity index is 0.000000269. The molecule has 0 radical (unpaired) electrons. The van der Waals surface area contributed by atoms with Crippen LogP contribution in [0, 0.1) is 0 Å². The summed E-state index contributed by atoms with van der Waals surface area (Å²) in [5, 5.41) is 2.20. The molecule has 0 aromatic carbocycles. The standard InChI is InChI=1S/C7H8S.2C2H6/c1-2-6-4-5-8-7(6)3-1;2*1-2/h4-5H,1-3H2;2*1-2H3. The Morgan fingerprint density at radius 1 is 1.08 bits per heavy atom. The van der Waals surface area contributed by atoms with E-state index in [4.69, 9.17) is 0 Å². The van der Waals surface area contributed by atoms with E-state index in [-0.39, 0.29) is 0 Å². The highest BCUT2D eigenvalue weighted by Gasteiger charge is 2.09. The summed E-state index contributed by atoms with van der Waals surface area (Å²) in [5.41, 5.74) is 1.61. The van der Waals surface area contributed by atoms with Crippen molar-refractivity contribution in [1.82, 2.24) is 0 Å². The number of rotatable bonds is 0. The lowest BCUT2D eigenvalue weighted by Gasteiger charge is -1.79. The summed E-state index contributed by atoms with van der Waals surface area (Å²) < 4.78 is 0. The minimum Gasteiger partial charge on any atom is -0.149 e. The molecular formula is C11H20S. The second-order valence-electron chi connectivity index (χ2n) is 2.22. The second-order valence-corrected chi connectivity index (χ2v) is 3.22. The van der Waals surface area contributed by atoms with E-state index < -0.39 is 0 Å². The monoisotopic (exact) mass is 184 g/mol. The fourth-order valence-corrected chi connectivity index (χ4v) is 2.23. The van der Waals surface area contributed by atoms with Gasteiger partial charge in [-0.05, 0) is 36.3 Å². The van der Waals surface area contributed by atoms with Gasteiger partial charge in [-0.3, -0.25) is 0 Å². The molecule has 0 unspecified atom stereocenters. The number of hydrogen-bond acceptors (Lipinski definition) is 1. The van der Waals surface area contributed by atoms with Crippen LogP contribution in [0.3, 0.4) is 0 Å². The molecule has 1 aromatic rings. The van der Waals surface area contributed by atoms with E-state index in [9.17, 15) is 0 Å². The first kappa shape index (κ1) is 11.7. The Kier molecular flexibility index (Phi) is 7.17.